The number of aromatic nitrogens is 3. The lowest BCUT2D eigenvalue weighted by Crippen LogP contribution is -1.91. The first-order valence-corrected chi connectivity index (χ1v) is 6.40. The summed E-state index contributed by atoms with van der Waals surface area (Å²) in [5.74, 6) is 0. The Bertz CT molecular complexity index is 707. The van der Waals surface area contributed by atoms with E-state index in [0.29, 0.717) is 0 Å². The highest BCUT2D eigenvalue weighted by Crippen LogP contribution is 2.22. The molecular formula is C17H13N3. The van der Waals surface area contributed by atoms with E-state index >= 15 is 0 Å². The fourth-order valence-electron chi connectivity index (χ4n) is 2.01. The van der Waals surface area contributed by atoms with Crippen molar-refractivity contribution in [2.45, 2.75) is 0 Å². The summed E-state index contributed by atoms with van der Waals surface area (Å²) in [5.41, 5.74) is 4.16. The Balaban J connectivity index is 1.97. The van der Waals surface area contributed by atoms with Gasteiger partial charge >= 0.3 is 0 Å². The summed E-state index contributed by atoms with van der Waals surface area (Å²) in [6, 6.07) is 20.2. The van der Waals surface area contributed by atoms with Gasteiger partial charge in [0.15, 0.2) is 0 Å². The van der Waals surface area contributed by atoms with E-state index in [1.54, 1.807) is 6.20 Å². The summed E-state index contributed by atoms with van der Waals surface area (Å²) in [4.78, 5) is 0. The van der Waals surface area contributed by atoms with Gasteiger partial charge in [0.25, 0.3) is 0 Å². The predicted molar refractivity (Wildman–Crippen MR) is 80.6 cm³/mol. The van der Waals surface area contributed by atoms with Crippen molar-refractivity contribution < 1.29 is 0 Å². The van der Waals surface area contributed by atoms with Gasteiger partial charge in [-0.1, -0.05) is 66.7 Å². The zero-order valence-corrected chi connectivity index (χ0v) is 10.8. The molecule has 0 aliphatic heterocycles. The lowest BCUT2D eigenvalue weighted by atomic mass is 10.0. The number of nitrogens with zero attached hydrogens (tertiary/aromatic N) is 3. The maximum absolute atomic E-state index is 4.07. The molecule has 0 saturated heterocycles. The van der Waals surface area contributed by atoms with Crippen molar-refractivity contribution in [3.05, 3.63) is 78.0 Å². The molecule has 0 atom stereocenters. The van der Waals surface area contributed by atoms with E-state index in [9.17, 15) is 0 Å². The van der Waals surface area contributed by atoms with Gasteiger partial charge in [0, 0.05) is 5.56 Å². The summed E-state index contributed by atoms with van der Waals surface area (Å²) in [6.07, 6.45) is 5.83. The van der Waals surface area contributed by atoms with Gasteiger partial charge in [-0.3, -0.25) is 0 Å². The standard InChI is InChI=1S/C17H13N3/c1-2-6-14(7-3-1)10-11-15-8-4-5-9-16(15)17-12-13-18-20-19-17/h1-13H. The SMILES string of the molecule is C(=Cc1ccccc1-c1ccnnn1)c1ccccc1. The molecule has 0 spiro atoms. The van der Waals surface area contributed by atoms with E-state index < -0.39 is 0 Å². The van der Waals surface area contributed by atoms with Gasteiger partial charge in [0.2, 0.25) is 0 Å². The van der Waals surface area contributed by atoms with Crippen LogP contribution in [0.4, 0.5) is 0 Å². The average Bonchev–Trinajstić information content (AvgIpc) is 2.55. The number of benzene rings is 2. The quantitative estimate of drug-likeness (QED) is 0.673. The molecule has 0 aliphatic carbocycles. The molecule has 1 aromatic heterocycles. The summed E-state index contributed by atoms with van der Waals surface area (Å²) in [7, 11) is 0. The minimum atomic E-state index is 0.827. The van der Waals surface area contributed by atoms with Crippen molar-refractivity contribution in [1.29, 1.82) is 0 Å². The molecule has 3 nitrogen and oxygen atoms in total. The van der Waals surface area contributed by atoms with Crippen LogP contribution in [-0.4, -0.2) is 15.4 Å². The third kappa shape index (κ3) is 2.78. The van der Waals surface area contributed by atoms with Crippen LogP contribution in [0.15, 0.2) is 66.9 Å². The zero-order valence-electron chi connectivity index (χ0n) is 10.8. The normalized spacial score (nSPS) is 10.8. The van der Waals surface area contributed by atoms with Gasteiger partial charge in [0.05, 0.1) is 11.9 Å². The monoisotopic (exact) mass is 259 g/mol. The summed E-state index contributed by atoms with van der Waals surface area (Å²) in [6.45, 7) is 0. The van der Waals surface area contributed by atoms with E-state index in [1.165, 1.54) is 5.56 Å². The van der Waals surface area contributed by atoms with Crippen LogP contribution in [0.2, 0.25) is 0 Å². The van der Waals surface area contributed by atoms with Crippen molar-refractivity contribution in [2.24, 2.45) is 0 Å². The van der Waals surface area contributed by atoms with Crippen LogP contribution < -0.4 is 0 Å². The van der Waals surface area contributed by atoms with Crippen molar-refractivity contribution >= 4 is 12.2 Å². The molecule has 3 aromatic rings. The summed E-state index contributed by atoms with van der Waals surface area (Å²) < 4.78 is 0. The Morgan fingerprint density at radius 2 is 1.55 bits per heavy atom. The van der Waals surface area contributed by atoms with Crippen molar-refractivity contribution in [3.63, 3.8) is 0 Å². The third-order valence-electron chi connectivity index (χ3n) is 2.99. The first-order chi connectivity index (χ1) is 9.93. The summed E-state index contributed by atoms with van der Waals surface area (Å²) in [5, 5.41) is 11.5. The number of hydrogen-bond acceptors (Lipinski definition) is 3. The van der Waals surface area contributed by atoms with Gasteiger partial charge in [-0.2, -0.15) is 0 Å². The molecule has 3 rings (SSSR count). The van der Waals surface area contributed by atoms with Crippen LogP contribution in [0, 0.1) is 0 Å². The Morgan fingerprint density at radius 3 is 2.35 bits per heavy atom. The second kappa shape index (κ2) is 5.89. The van der Waals surface area contributed by atoms with Gasteiger partial charge in [0.1, 0.15) is 0 Å². The molecule has 0 unspecified atom stereocenters. The highest BCUT2D eigenvalue weighted by Gasteiger charge is 2.03. The molecule has 2 aromatic carbocycles. The molecule has 1 heterocycles. The second-order valence-electron chi connectivity index (χ2n) is 4.34. The van der Waals surface area contributed by atoms with E-state index in [4.69, 9.17) is 0 Å². The number of rotatable bonds is 3. The molecule has 0 amide bonds. The fraction of sp³-hybridized carbons (Fsp3) is 0. The highest BCUT2D eigenvalue weighted by atomic mass is 15.3. The first kappa shape index (κ1) is 12.2. The minimum absolute atomic E-state index is 0.827. The van der Waals surface area contributed by atoms with E-state index in [-0.39, 0.29) is 0 Å². The Labute approximate surface area is 117 Å². The second-order valence-corrected chi connectivity index (χ2v) is 4.34. The predicted octanol–water partition coefficient (Wildman–Crippen LogP) is 3.71. The Hall–Kier alpha value is -2.81. The lowest BCUT2D eigenvalue weighted by molar-refractivity contribution is 0.870. The third-order valence-corrected chi connectivity index (χ3v) is 2.99. The van der Waals surface area contributed by atoms with E-state index in [2.05, 4.69) is 45.8 Å². The van der Waals surface area contributed by atoms with Crippen LogP contribution in [0.3, 0.4) is 0 Å². The smallest absolute Gasteiger partial charge is 0.0969 e. The van der Waals surface area contributed by atoms with Gasteiger partial charge in [-0.05, 0) is 22.4 Å². The zero-order chi connectivity index (χ0) is 13.6. The summed E-state index contributed by atoms with van der Waals surface area (Å²) >= 11 is 0. The van der Waals surface area contributed by atoms with E-state index in [0.717, 1.165) is 16.8 Å². The molecule has 20 heavy (non-hydrogen) atoms. The Kier molecular flexibility index (Phi) is 3.60. The molecule has 3 heteroatoms. The highest BCUT2D eigenvalue weighted by molar-refractivity contribution is 5.79. The average molecular weight is 259 g/mol. The van der Waals surface area contributed by atoms with E-state index in [1.807, 2.05) is 42.5 Å². The van der Waals surface area contributed by atoms with Crippen LogP contribution in [0.1, 0.15) is 11.1 Å². The maximum Gasteiger partial charge on any atom is 0.0969 e. The van der Waals surface area contributed by atoms with Crippen molar-refractivity contribution in [1.82, 2.24) is 15.4 Å². The van der Waals surface area contributed by atoms with Gasteiger partial charge in [-0.25, -0.2) is 0 Å². The van der Waals surface area contributed by atoms with Crippen LogP contribution >= 0.6 is 0 Å². The van der Waals surface area contributed by atoms with Crippen molar-refractivity contribution in [2.75, 3.05) is 0 Å². The first-order valence-electron chi connectivity index (χ1n) is 6.40. The molecule has 0 fully saturated rings. The Morgan fingerprint density at radius 1 is 0.750 bits per heavy atom. The lowest BCUT2D eigenvalue weighted by Gasteiger charge is -2.03. The van der Waals surface area contributed by atoms with Gasteiger partial charge < -0.3 is 0 Å². The van der Waals surface area contributed by atoms with Crippen molar-refractivity contribution in [3.8, 4) is 11.3 Å². The fourth-order valence-corrected chi connectivity index (χ4v) is 2.01. The molecule has 0 saturated carbocycles. The molecule has 0 aliphatic rings. The van der Waals surface area contributed by atoms with Crippen LogP contribution in [-0.2, 0) is 0 Å². The maximum atomic E-state index is 4.07. The molecule has 96 valence electrons. The van der Waals surface area contributed by atoms with Crippen LogP contribution in [0.5, 0.6) is 0 Å². The van der Waals surface area contributed by atoms with Gasteiger partial charge in [-0.15, -0.1) is 10.2 Å². The largest absolute Gasteiger partial charge is 0.139 e. The van der Waals surface area contributed by atoms with Crippen LogP contribution in [0.25, 0.3) is 23.4 Å². The molecular weight excluding hydrogens is 246 g/mol. The molecule has 0 radical (unpaired) electrons. The molecule has 0 bridgehead atoms. The topological polar surface area (TPSA) is 38.7 Å². The number of hydrogen-bond donors (Lipinski definition) is 0. The molecule has 0 N–H and O–H groups in total. The minimum Gasteiger partial charge on any atom is -0.139 e.